The molecule has 190 valence electrons. The second-order valence-electron chi connectivity index (χ2n) is 9.74. The molecule has 0 aromatic carbocycles. The number of carboxylic acid groups (broad SMARTS) is 1. The number of amides is 3. The van der Waals surface area contributed by atoms with Crippen molar-refractivity contribution in [1.29, 1.82) is 0 Å². The summed E-state index contributed by atoms with van der Waals surface area (Å²) < 4.78 is 12.3. The van der Waals surface area contributed by atoms with Crippen LogP contribution in [0.4, 0.5) is 20.2 Å². The summed E-state index contributed by atoms with van der Waals surface area (Å²) in [5, 5.41) is 24.4. The Kier molecular flexibility index (Phi) is 8.71. The number of guanidine groups is 1. The summed E-state index contributed by atoms with van der Waals surface area (Å²) in [4.78, 5) is 39.6. The summed E-state index contributed by atoms with van der Waals surface area (Å²) in [6.45, 7) is 11.8. The highest BCUT2D eigenvalue weighted by Gasteiger charge is 2.26. The standard InChI is InChI=1S/C21H35N7O6/c1-20(2,3)33-18(31)26-16(27-19(32)34-21(4,5)6)25-14(8-10-23-17(29)30)13-12-24-28-11-7-9-22-15(13)28/h12,14,22-23H,7-11H2,1-6H3,(H,29,30)(H2,25,26,27,31,32). The SMILES string of the molecule is CC(C)(C)OC(=O)N=C(NC(=O)OC(C)(C)C)NC(CCNC(=O)O)c1cnn2c1NCCC2. The summed E-state index contributed by atoms with van der Waals surface area (Å²) in [5.74, 6) is 0.576. The van der Waals surface area contributed by atoms with E-state index in [1.54, 1.807) is 47.7 Å². The summed E-state index contributed by atoms with van der Waals surface area (Å²) in [5.41, 5.74) is -0.839. The Labute approximate surface area is 198 Å². The molecule has 0 fully saturated rings. The Morgan fingerprint density at radius 3 is 2.50 bits per heavy atom. The molecule has 1 aliphatic heterocycles. The van der Waals surface area contributed by atoms with Gasteiger partial charge in [-0.1, -0.05) is 0 Å². The van der Waals surface area contributed by atoms with Gasteiger partial charge in [-0.05, 0) is 54.4 Å². The molecule has 0 bridgehead atoms. The minimum Gasteiger partial charge on any atom is -0.465 e. The lowest BCUT2D eigenvalue weighted by Crippen LogP contribution is -2.46. The van der Waals surface area contributed by atoms with Gasteiger partial charge in [-0.25, -0.2) is 19.1 Å². The van der Waals surface area contributed by atoms with Gasteiger partial charge in [0.05, 0.1) is 12.2 Å². The lowest BCUT2D eigenvalue weighted by Gasteiger charge is -2.25. The maximum Gasteiger partial charge on any atom is 0.437 e. The van der Waals surface area contributed by atoms with Crippen LogP contribution < -0.4 is 21.3 Å². The highest BCUT2D eigenvalue weighted by molar-refractivity contribution is 5.99. The number of fused-ring (bicyclic) bond motifs is 1. The molecule has 0 radical (unpaired) electrons. The van der Waals surface area contributed by atoms with Crippen molar-refractivity contribution in [2.75, 3.05) is 18.4 Å². The summed E-state index contributed by atoms with van der Waals surface area (Å²) in [6, 6.07) is -0.558. The van der Waals surface area contributed by atoms with E-state index in [4.69, 9.17) is 14.6 Å². The summed E-state index contributed by atoms with van der Waals surface area (Å²) in [6.07, 6.45) is -0.0501. The van der Waals surface area contributed by atoms with Crippen LogP contribution in [0.15, 0.2) is 11.2 Å². The number of carbonyl (C=O) groups excluding carboxylic acids is 2. The number of rotatable bonds is 5. The smallest absolute Gasteiger partial charge is 0.437 e. The molecule has 2 heterocycles. The third kappa shape index (κ3) is 9.16. The van der Waals surface area contributed by atoms with E-state index < -0.39 is 35.5 Å². The minimum absolute atomic E-state index is 0.101. The molecule has 0 saturated carbocycles. The Hall–Kier alpha value is -3.51. The quantitative estimate of drug-likeness (QED) is 0.313. The highest BCUT2D eigenvalue weighted by Crippen LogP contribution is 2.27. The topological polar surface area (TPSA) is 168 Å². The van der Waals surface area contributed by atoms with Crippen molar-refractivity contribution in [1.82, 2.24) is 25.7 Å². The van der Waals surface area contributed by atoms with Crippen LogP contribution in [0.5, 0.6) is 0 Å². The molecule has 3 amide bonds. The molecular formula is C21H35N7O6. The van der Waals surface area contributed by atoms with Crippen LogP contribution in [-0.4, -0.2) is 63.4 Å². The van der Waals surface area contributed by atoms with Crippen LogP contribution in [0.2, 0.25) is 0 Å². The van der Waals surface area contributed by atoms with Gasteiger partial charge in [0.1, 0.15) is 17.0 Å². The van der Waals surface area contributed by atoms with Gasteiger partial charge in [0.25, 0.3) is 0 Å². The number of aliphatic imine (C=N–C) groups is 1. The maximum absolute atomic E-state index is 12.4. The van der Waals surface area contributed by atoms with Crippen molar-refractivity contribution >= 4 is 30.1 Å². The van der Waals surface area contributed by atoms with Gasteiger partial charge in [-0.15, -0.1) is 4.99 Å². The Morgan fingerprint density at radius 2 is 1.88 bits per heavy atom. The van der Waals surface area contributed by atoms with Crippen molar-refractivity contribution in [2.24, 2.45) is 4.99 Å². The lowest BCUT2D eigenvalue weighted by atomic mass is 10.1. The number of alkyl carbamates (subject to hydrolysis) is 1. The third-order valence-electron chi connectivity index (χ3n) is 4.32. The molecule has 0 saturated heterocycles. The van der Waals surface area contributed by atoms with Crippen molar-refractivity contribution < 1.29 is 29.0 Å². The second kappa shape index (κ2) is 11.1. The van der Waals surface area contributed by atoms with E-state index in [9.17, 15) is 14.4 Å². The molecule has 1 aliphatic rings. The number of hydrogen-bond donors (Lipinski definition) is 5. The van der Waals surface area contributed by atoms with E-state index in [0.717, 1.165) is 30.9 Å². The fourth-order valence-corrected chi connectivity index (χ4v) is 3.12. The zero-order valence-corrected chi connectivity index (χ0v) is 20.5. The van der Waals surface area contributed by atoms with Crippen molar-refractivity contribution in [3.05, 3.63) is 11.8 Å². The minimum atomic E-state index is -1.16. The molecule has 5 N–H and O–H groups in total. The number of carbonyl (C=O) groups is 3. The third-order valence-corrected chi connectivity index (χ3v) is 4.32. The predicted octanol–water partition coefficient (Wildman–Crippen LogP) is 2.80. The largest absolute Gasteiger partial charge is 0.465 e. The first-order chi connectivity index (χ1) is 15.7. The molecule has 0 aliphatic carbocycles. The van der Waals surface area contributed by atoms with Crippen LogP contribution in [-0.2, 0) is 16.0 Å². The average molecular weight is 482 g/mol. The zero-order valence-electron chi connectivity index (χ0n) is 20.5. The number of nitrogens with one attached hydrogen (secondary N) is 4. The Balaban J connectivity index is 2.33. The molecule has 1 atom stereocenters. The normalized spacial score (nSPS) is 14.8. The number of ether oxygens (including phenoxy) is 2. The molecular weight excluding hydrogens is 446 g/mol. The fraction of sp³-hybridized carbons (Fsp3) is 0.667. The van der Waals surface area contributed by atoms with Gasteiger partial charge in [-0.3, -0.25) is 5.32 Å². The maximum atomic E-state index is 12.4. The number of aromatic nitrogens is 2. The molecule has 13 nitrogen and oxygen atoms in total. The van der Waals surface area contributed by atoms with Crippen molar-refractivity contribution in [2.45, 2.75) is 78.2 Å². The molecule has 2 rings (SSSR count). The van der Waals surface area contributed by atoms with Crippen LogP contribution in [0, 0.1) is 0 Å². The van der Waals surface area contributed by atoms with Gasteiger partial charge < -0.3 is 30.5 Å². The second-order valence-corrected chi connectivity index (χ2v) is 9.74. The van der Waals surface area contributed by atoms with Crippen LogP contribution in [0.1, 0.15) is 66.0 Å². The molecule has 0 spiro atoms. The molecule has 34 heavy (non-hydrogen) atoms. The number of anilines is 1. The van der Waals surface area contributed by atoms with Gasteiger partial charge >= 0.3 is 18.3 Å². The molecule has 1 aromatic rings. The Bertz CT molecular complexity index is 914. The van der Waals surface area contributed by atoms with Gasteiger partial charge in [0.2, 0.25) is 5.96 Å². The van der Waals surface area contributed by atoms with E-state index in [1.807, 2.05) is 4.68 Å². The predicted molar refractivity (Wildman–Crippen MR) is 125 cm³/mol. The fourth-order valence-electron chi connectivity index (χ4n) is 3.12. The van der Waals surface area contributed by atoms with Crippen LogP contribution >= 0.6 is 0 Å². The molecule has 13 heteroatoms. The summed E-state index contributed by atoms with van der Waals surface area (Å²) in [7, 11) is 0. The summed E-state index contributed by atoms with van der Waals surface area (Å²) >= 11 is 0. The van der Waals surface area contributed by atoms with E-state index in [-0.39, 0.29) is 18.9 Å². The first-order valence-corrected chi connectivity index (χ1v) is 11.1. The van der Waals surface area contributed by atoms with Gasteiger partial charge in [0, 0.05) is 25.2 Å². The molecule has 1 unspecified atom stereocenters. The number of aryl methyl sites for hydroxylation is 1. The molecule has 1 aromatic heterocycles. The van der Waals surface area contributed by atoms with Crippen molar-refractivity contribution in [3.63, 3.8) is 0 Å². The van der Waals surface area contributed by atoms with Crippen molar-refractivity contribution in [3.8, 4) is 0 Å². The van der Waals surface area contributed by atoms with Crippen LogP contribution in [0.3, 0.4) is 0 Å². The van der Waals surface area contributed by atoms with E-state index >= 15 is 0 Å². The Morgan fingerprint density at radius 1 is 1.21 bits per heavy atom. The lowest BCUT2D eigenvalue weighted by molar-refractivity contribution is 0.0560. The van der Waals surface area contributed by atoms with Crippen LogP contribution in [0.25, 0.3) is 0 Å². The van der Waals surface area contributed by atoms with E-state index in [1.165, 1.54) is 0 Å². The average Bonchev–Trinajstić information content (AvgIpc) is 3.07. The van der Waals surface area contributed by atoms with E-state index in [0.29, 0.717) is 0 Å². The highest BCUT2D eigenvalue weighted by atomic mass is 16.6. The zero-order chi connectivity index (χ0) is 25.5. The first-order valence-electron chi connectivity index (χ1n) is 11.1. The van der Waals surface area contributed by atoms with E-state index in [2.05, 4.69) is 31.4 Å². The van der Waals surface area contributed by atoms with Gasteiger partial charge in [-0.2, -0.15) is 5.10 Å². The van der Waals surface area contributed by atoms with Gasteiger partial charge in [0.15, 0.2) is 0 Å². The first kappa shape index (κ1) is 26.7. The number of nitrogens with zero attached hydrogens (tertiary/aromatic N) is 3. The number of hydrogen-bond acceptors (Lipinski definition) is 7. The monoisotopic (exact) mass is 481 g/mol.